The molecule has 1 amide bonds. The summed E-state index contributed by atoms with van der Waals surface area (Å²) in [6, 6.07) is 0. The van der Waals surface area contributed by atoms with Gasteiger partial charge in [-0.2, -0.15) is 0 Å². The third-order valence-electron chi connectivity index (χ3n) is 3.07. The molecule has 0 unspecified atom stereocenters. The molecule has 1 N–H and O–H groups in total. The molecule has 17 heavy (non-hydrogen) atoms. The number of amides is 1. The summed E-state index contributed by atoms with van der Waals surface area (Å²) in [5.74, 6) is 0.541. The zero-order chi connectivity index (χ0) is 12.7. The SMILES string of the molecule is CCC(C)(C)OC(=O)NCC[C@H]1C=CC=CC1. The topological polar surface area (TPSA) is 38.3 Å². The first kappa shape index (κ1) is 13.8. The number of hydrogen-bond acceptors (Lipinski definition) is 2. The summed E-state index contributed by atoms with van der Waals surface area (Å²) in [5, 5.41) is 2.80. The molecule has 0 bridgehead atoms. The predicted octanol–water partition coefficient (Wildman–Crippen LogP) is 3.42. The van der Waals surface area contributed by atoms with E-state index in [1.807, 2.05) is 20.8 Å². The van der Waals surface area contributed by atoms with Crippen LogP contribution < -0.4 is 5.32 Å². The number of hydrogen-bond donors (Lipinski definition) is 1. The van der Waals surface area contributed by atoms with Crippen molar-refractivity contribution in [3.8, 4) is 0 Å². The molecule has 0 heterocycles. The van der Waals surface area contributed by atoms with Crippen LogP contribution in [-0.2, 0) is 4.74 Å². The molecule has 3 heteroatoms. The lowest BCUT2D eigenvalue weighted by molar-refractivity contribution is 0.0362. The zero-order valence-corrected chi connectivity index (χ0v) is 11.0. The lowest BCUT2D eigenvalue weighted by Crippen LogP contribution is -2.35. The van der Waals surface area contributed by atoms with E-state index < -0.39 is 0 Å². The second-order valence-corrected chi connectivity index (χ2v) is 5.03. The number of ether oxygens (including phenoxy) is 1. The predicted molar refractivity (Wildman–Crippen MR) is 69.9 cm³/mol. The Bertz CT molecular complexity index is 305. The first-order chi connectivity index (χ1) is 8.03. The van der Waals surface area contributed by atoms with Crippen molar-refractivity contribution in [2.75, 3.05) is 6.54 Å². The number of nitrogens with one attached hydrogen (secondary N) is 1. The molecule has 0 aromatic heterocycles. The Balaban J connectivity index is 2.16. The number of allylic oxidation sites excluding steroid dienone is 4. The monoisotopic (exact) mass is 237 g/mol. The van der Waals surface area contributed by atoms with Gasteiger partial charge in [0.05, 0.1) is 0 Å². The molecule has 0 aromatic carbocycles. The van der Waals surface area contributed by atoms with E-state index in [-0.39, 0.29) is 11.7 Å². The molecule has 0 saturated carbocycles. The van der Waals surface area contributed by atoms with Gasteiger partial charge in [0.15, 0.2) is 0 Å². The number of carbonyl (C=O) groups excluding carboxylic acids is 1. The zero-order valence-electron chi connectivity index (χ0n) is 11.0. The fraction of sp³-hybridized carbons (Fsp3) is 0.643. The van der Waals surface area contributed by atoms with Gasteiger partial charge in [-0.1, -0.05) is 31.2 Å². The van der Waals surface area contributed by atoms with Crippen LogP contribution in [0.5, 0.6) is 0 Å². The van der Waals surface area contributed by atoms with Crippen LogP contribution in [0.1, 0.15) is 40.0 Å². The summed E-state index contributed by atoms with van der Waals surface area (Å²) in [6.45, 7) is 6.51. The maximum Gasteiger partial charge on any atom is 0.407 e. The highest BCUT2D eigenvalue weighted by atomic mass is 16.6. The van der Waals surface area contributed by atoms with Crippen molar-refractivity contribution in [2.24, 2.45) is 5.92 Å². The normalized spacial score (nSPS) is 19.1. The van der Waals surface area contributed by atoms with Gasteiger partial charge in [0.2, 0.25) is 0 Å². The first-order valence-electron chi connectivity index (χ1n) is 6.33. The number of alkyl carbamates (subject to hydrolysis) is 1. The van der Waals surface area contributed by atoms with Gasteiger partial charge in [0.25, 0.3) is 0 Å². The van der Waals surface area contributed by atoms with Crippen LogP contribution in [0.4, 0.5) is 4.79 Å². The van der Waals surface area contributed by atoms with Crippen molar-refractivity contribution < 1.29 is 9.53 Å². The van der Waals surface area contributed by atoms with Gasteiger partial charge in [-0.3, -0.25) is 0 Å². The van der Waals surface area contributed by atoms with Gasteiger partial charge in [-0.05, 0) is 39.0 Å². The van der Waals surface area contributed by atoms with Crippen molar-refractivity contribution in [3.63, 3.8) is 0 Å². The van der Waals surface area contributed by atoms with Crippen LogP contribution in [0.25, 0.3) is 0 Å². The standard InChI is InChI=1S/C14H23NO2/c1-4-14(2,3)17-13(16)15-11-10-12-8-6-5-7-9-12/h5-8,12H,4,9-11H2,1-3H3,(H,15,16)/t12-/m0/s1. The Morgan fingerprint density at radius 1 is 1.47 bits per heavy atom. The highest BCUT2D eigenvalue weighted by Crippen LogP contribution is 2.15. The van der Waals surface area contributed by atoms with Gasteiger partial charge in [-0.15, -0.1) is 0 Å². The second kappa shape index (κ2) is 6.48. The molecule has 1 aliphatic carbocycles. The van der Waals surface area contributed by atoms with Crippen molar-refractivity contribution in [1.82, 2.24) is 5.32 Å². The van der Waals surface area contributed by atoms with E-state index in [0.29, 0.717) is 12.5 Å². The largest absolute Gasteiger partial charge is 0.444 e. The van der Waals surface area contributed by atoms with Crippen molar-refractivity contribution in [1.29, 1.82) is 0 Å². The molecular formula is C14H23NO2. The fourth-order valence-electron chi connectivity index (χ4n) is 1.56. The molecule has 0 spiro atoms. The van der Waals surface area contributed by atoms with Crippen LogP contribution in [0.15, 0.2) is 24.3 Å². The molecule has 0 saturated heterocycles. The van der Waals surface area contributed by atoms with E-state index in [4.69, 9.17) is 4.74 Å². The minimum Gasteiger partial charge on any atom is -0.444 e. The Labute approximate surface area is 104 Å². The molecule has 96 valence electrons. The Morgan fingerprint density at radius 2 is 2.24 bits per heavy atom. The van der Waals surface area contributed by atoms with Crippen LogP contribution >= 0.6 is 0 Å². The molecule has 0 radical (unpaired) electrons. The van der Waals surface area contributed by atoms with E-state index in [1.165, 1.54) is 0 Å². The van der Waals surface area contributed by atoms with Gasteiger partial charge < -0.3 is 10.1 Å². The molecule has 0 aromatic rings. The Kier molecular flexibility index (Phi) is 5.26. The summed E-state index contributed by atoms with van der Waals surface area (Å²) in [6.07, 6.45) is 11.0. The van der Waals surface area contributed by atoms with E-state index in [0.717, 1.165) is 19.3 Å². The summed E-state index contributed by atoms with van der Waals surface area (Å²) in [4.78, 5) is 11.5. The number of carbonyl (C=O) groups is 1. The maximum atomic E-state index is 11.5. The second-order valence-electron chi connectivity index (χ2n) is 5.03. The smallest absolute Gasteiger partial charge is 0.407 e. The first-order valence-corrected chi connectivity index (χ1v) is 6.33. The third kappa shape index (κ3) is 5.57. The molecule has 0 fully saturated rings. The molecular weight excluding hydrogens is 214 g/mol. The lowest BCUT2D eigenvalue weighted by atomic mass is 9.97. The Morgan fingerprint density at radius 3 is 2.82 bits per heavy atom. The van der Waals surface area contributed by atoms with Gasteiger partial charge in [0.1, 0.15) is 5.60 Å². The summed E-state index contributed by atoms with van der Waals surface area (Å²) in [5.41, 5.74) is -0.377. The van der Waals surface area contributed by atoms with Gasteiger partial charge in [-0.25, -0.2) is 4.79 Å². The summed E-state index contributed by atoms with van der Waals surface area (Å²) >= 11 is 0. The van der Waals surface area contributed by atoms with Gasteiger partial charge in [0, 0.05) is 6.54 Å². The average molecular weight is 237 g/mol. The summed E-state index contributed by atoms with van der Waals surface area (Å²) in [7, 11) is 0. The molecule has 1 rings (SSSR count). The lowest BCUT2D eigenvalue weighted by Gasteiger charge is -2.23. The van der Waals surface area contributed by atoms with Crippen LogP contribution in [0.2, 0.25) is 0 Å². The molecule has 3 nitrogen and oxygen atoms in total. The van der Waals surface area contributed by atoms with Crippen LogP contribution in [0, 0.1) is 5.92 Å². The quantitative estimate of drug-likeness (QED) is 0.795. The highest BCUT2D eigenvalue weighted by molar-refractivity contribution is 5.67. The maximum absolute atomic E-state index is 11.5. The van der Waals surface area contributed by atoms with Crippen molar-refractivity contribution in [3.05, 3.63) is 24.3 Å². The third-order valence-corrected chi connectivity index (χ3v) is 3.07. The van der Waals surface area contributed by atoms with E-state index >= 15 is 0 Å². The minimum atomic E-state index is -0.377. The fourth-order valence-corrected chi connectivity index (χ4v) is 1.56. The number of rotatable bonds is 5. The van der Waals surface area contributed by atoms with Crippen molar-refractivity contribution in [2.45, 2.75) is 45.6 Å². The van der Waals surface area contributed by atoms with E-state index in [2.05, 4.69) is 29.6 Å². The molecule has 0 aliphatic heterocycles. The van der Waals surface area contributed by atoms with E-state index in [9.17, 15) is 4.79 Å². The highest BCUT2D eigenvalue weighted by Gasteiger charge is 2.20. The van der Waals surface area contributed by atoms with Crippen LogP contribution in [-0.4, -0.2) is 18.2 Å². The van der Waals surface area contributed by atoms with Gasteiger partial charge >= 0.3 is 6.09 Å². The van der Waals surface area contributed by atoms with E-state index in [1.54, 1.807) is 0 Å². The van der Waals surface area contributed by atoms with Crippen molar-refractivity contribution >= 4 is 6.09 Å². The average Bonchev–Trinajstić information content (AvgIpc) is 2.30. The Hall–Kier alpha value is -1.25. The molecule has 1 aliphatic rings. The minimum absolute atomic E-state index is 0.313. The van der Waals surface area contributed by atoms with Crippen LogP contribution in [0.3, 0.4) is 0 Å². The summed E-state index contributed by atoms with van der Waals surface area (Å²) < 4.78 is 5.29. The molecule has 1 atom stereocenters.